The molecular formula is C12H15N3O2S2. The van der Waals surface area contributed by atoms with Gasteiger partial charge in [-0.25, -0.2) is 13.4 Å². The zero-order chi connectivity index (χ0) is 13.5. The monoisotopic (exact) mass is 297 g/mol. The molecule has 0 amide bonds. The van der Waals surface area contributed by atoms with E-state index in [1.165, 1.54) is 15.6 Å². The van der Waals surface area contributed by atoms with E-state index in [1.807, 2.05) is 13.0 Å². The molecule has 7 heteroatoms. The van der Waals surface area contributed by atoms with Gasteiger partial charge in [-0.15, -0.1) is 11.3 Å². The average Bonchev–Trinajstić information content (AvgIpc) is 3.06. The van der Waals surface area contributed by atoms with Crippen molar-refractivity contribution >= 4 is 21.4 Å². The molecule has 2 aromatic rings. The first kappa shape index (κ1) is 12.8. The highest BCUT2D eigenvalue weighted by molar-refractivity contribution is 7.91. The van der Waals surface area contributed by atoms with Gasteiger partial charge < -0.3 is 4.98 Å². The van der Waals surface area contributed by atoms with E-state index >= 15 is 0 Å². The molecule has 0 unspecified atom stereocenters. The zero-order valence-electron chi connectivity index (χ0n) is 10.6. The first-order valence-electron chi connectivity index (χ1n) is 6.21. The number of aromatic amines is 1. The minimum Gasteiger partial charge on any atom is -0.347 e. The largest absolute Gasteiger partial charge is 0.347 e. The lowest BCUT2D eigenvalue weighted by molar-refractivity contribution is 0.386. The molecule has 0 atom stereocenters. The fourth-order valence-corrected chi connectivity index (χ4v) is 5.07. The Kier molecular flexibility index (Phi) is 3.20. The van der Waals surface area contributed by atoms with Crippen molar-refractivity contribution in [2.75, 3.05) is 6.54 Å². The number of thiophene rings is 1. The maximum atomic E-state index is 12.6. The summed E-state index contributed by atoms with van der Waals surface area (Å²) < 4.78 is 27.1. The van der Waals surface area contributed by atoms with Crippen LogP contribution in [0.2, 0.25) is 0 Å². The van der Waals surface area contributed by atoms with Gasteiger partial charge in [-0.3, -0.25) is 0 Å². The first-order chi connectivity index (χ1) is 9.11. The summed E-state index contributed by atoms with van der Waals surface area (Å²) >= 11 is 1.36. The lowest BCUT2D eigenvalue weighted by atomic mass is 10.2. The van der Waals surface area contributed by atoms with Crippen LogP contribution in [0.1, 0.15) is 23.2 Å². The Hall–Kier alpha value is -1.18. The number of hydrogen-bond donors (Lipinski definition) is 1. The molecular weight excluding hydrogens is 282 g/mol. The molecule has 0 saturated heterocycles. The summed E-state index contributed by atoms with van der Waals surface area (Å²) in [5.41, 5.74) is 1.88. The topological polar surface area (TPSA) is 66.1 Å². The van der Waals surface area contributed by atoms with Gasteiger partial charge in [0.25, 0.3) is 10.0 Å². The molecule has 1 N–H and O–H groups in total. The van der Waals surface area contributed by atoms with Crippen LogP contribution in [0.25, 0.3) is 0 Å². The van der Waals surface area contributed by atoms with E-state index in [4.69, 9.17) is 0 Å². The fourth-order valence-electron chi connectivity index (χ4n) is 2.21. The molecule has 0 bridgehead atoms. The standard InChI is InChI=1S/C12H15N3O2S2/c1-2-9-3-4-12(18-9)19(16,17)15-6-5-10-11(7-15)14-8-13-10/h3-4,8H,2,5-7H2,1H3,(H,13,14). The molecule has 0 spiro atoms. The highest BCUT2D eigenvalue weighted by Gasteiger charge is 2.30. The van der Waals surface area contributed by atoms with E-state index in [1.54, 1.807) is 12.4 Å². The second-order valence-corrected chi connectivity index (χ2v) is 7.82. The Morgan fingerprint density at radius 1 is 1.47 bits per heavy atom. The highest BCUT2D eigenvalue weighted by Crippen LogP contribution is 2.28. The third kappa shape index (κ3) is 2.22. The molecule has 102 valence electrons. The van der Waals surface area contributed by atoms with Crippen molar-refractivity contribution in [1.29, 1.82) is 0 Å². The van der Waals surface area contributed by atoms with Crippen LogP contribution in [-0.2, 0) is 29.4 Å². The lowest BCUT2D eigenvalue weighted by Gasteiger charge is -2.24. The molecule has 0 aromatic carbocycles. The van der Waals surface area contributed by atoms with Gasteiger partial charge in [0.1, 0.15) is 4.21 Å². The van der Waals surface area contributed by atoms with E-state index in [9.17, 15) is 8.42 Å². The number of H-pyrrole nitrogens is 1. The van der Waals surface area contributed by atoms with Crippen LogP contribution < -0.4 is 0 Å². The predicted octanol–water partition coefficient (Wildman–Crippen LogP) is 1.78. The maximum Gasteiger partial charge on any atom is 0.252 e. The van der Waals surface area contributed by atoms with Gasteiger partial charge in [-0.05, 0) is 18.6 Å². The molecule has 1 aliphatic rings. The number of sulfonamides is 1. The minimum atomic E-state index is -3.37. The molecule has 0 aliphatic carbocycles. The molecule has 3 heterocycles. The Morgan fingerprint density at radius 3 is 3.05 bits per heavy atom. The molecule has 1 aliphatic heterocycles. The van der Waals surface area contributed by atoms with Crippen molar-refractivity contribution in [2.45, 2.75) is 30.5 Å². The van der Waals surface area contributed by atoms with Crippen molar-refractivity contribution in [1.82, 2.24) is 14.3 Å². The van der Waals surface area contributed by atoms with Crippen LogP contribution in [0.15, 0.2) is 22.7 Å². The summed E-state index contributed by atoms with van der Waals surface area (Å²) in [6.45, 7) is 2.91. The number of hydrogen-bond acceptors (Lipinski definition) is 4. The lowest BCUT2D eigenvalue weighted by Crippen LogP contribution is -2.35. The number of nitrogens with zero attached hydrogens (tertiary/aromatic N) is 2. The van der Waals surface area contributed by atoms with Crippen molar-refractivity contribution in [3.05, 3.63) is 34.7 Å². The molecule has 0 radical (unpaired) electrons. The van der Waals surface area contributed by atoms with Gasteiger partial charge in [0.05, 0.1) is 24.3 Å². The van der Waals surface area contributed by atoms with Crippen molar-refractivity contribution < 1.29 is 8.42 Å². The van der Waals surface area contributed by atoms with E-state index in [0.29, 0.717) is 23.7 Å². The van der Waals surface area contributed by atoms with Gasteiger partial charge in [0.2, 0.25) is 0 Å². The fraction of sp³-hybridized carbons (Fsp3) is 0.417. The highest BCUT2D eigenvalue weighted by atomic mass is 32.2. The number of aryl methyl sites for hydroxylation is 1. The van der Waals surface area contributed by atoms with Crippen LogP contribution >= 0.6 is 11.3 Å². The first-order valence-corrected chi connectivity index (χ1v) is 8.47. The van der Waals surface area contributed by atoms with Crippen LogP contribution in [0.4, 0.5) is 0 Å². The van der Waals surface area contributed by atoms with Crippen LogP contribution in [0, 0.1) is 0 Å². The van der Waals surface area contributed by atoms with Gasteiger partial charge in [-0.1, -0.05) is 6.92 Å². The third-order valence-electron chi connectivity index (χ3n) is 3.32. The smallest absolute Gasteiger partial charge is 0.252 e. The molecule has 0 saturated carbocycles. The third-order valence-corrected chi connectivity index (χ3v) is 6.86. The van der Waals surface area contributed by atoms with Crippen LogP contribution in [0.5, 0.6) is 0 Å². The number of aromatic nitrogens is 2. The Labute approximate surface area is 116 Å². The normalized spacial score (nSPS) is 16.5. The molecule has 3 rings (SSSR count). The second-order valence-electron chi connectivity index (χ2n) is 4.49. The summed E-state index contributed by atoms with van der Waals surface area (Å²) in [5, 5.41) is 0. The number of imidazole rings is 1. The minimum absolute atomic E-state index is 0.386. The molecule has 0 fully saturated rings. The van der Waals surface area contributed by atoms with Gasteiger partial charge in [-0.2, -0.15) is 4.31 Å². The summed E-state index contributed by atoms with van der Waals surface area (Å²) in [4.78, 5) is 8.30. The van der Waals surface area contributed by atoms with E-state index in [2.05, 4.69) is 9.97 Å². The molecule has 2 aromatic heterocycles. The predicted molar refractivity (Wildman–Crippen MR) is 73.6 cm³/mol. The van der Waals surface area contributed by atoms with Gasteiger partial charge in [0.15, 0.2) is 0 Å². The number of fused-ring (bicyclic) bond motifs is 1. The summed E-state index contributed by atoms with van der Waals surface area (Å²) in [6.07, 6.45) is 3.16. The Balaban J connectivity index is 1.89. The van der Waals surface area contributed by atoms with Crippen molar-refractivity contribution in [3.63, 3.8) is 0 Å². The van der Waals surface area contributed by atoms with Crippen molar-refractivity contribution in [2.24, 2.45) is 0 Å². The van der Waals surface area contributed by atoms with Crippen molar-refractivity contribution in [3.8, 4) is 0 Å². The summed E-state index contributed by atoms with van der Waals surface area (Å²) in [5.74, 6) is 0. The molecule has 5 nitrogen and oxygen atoms in total. The van der Waals surface area contributed by atoms with Gasteiger partial charge in [0, 0.05) is 17.8 Å². The van der Waals surface area contributed by atoms with E-state index < -0.39 is 10.0 Å². The quantitative estimate of drug-likeness (QED) is 0.939. The zero-order valence-corrected chi connectivity index (χ0v) is 12.2. The van der Waals surface area contributed by atoms with E-state index in [-0.39, 0.29) is 0 Å². The summed E-state index contributed by atoms with van der Waals surface area (Å²) in [6, 6.07) is 3.60. The average molecular weight is 297 g/mol. The second kappa shape index (κ2) is 4.73. The number of nitrogens with one attached hydrogen (secondary N) is 1. The maximum absolute atomic E-state index is 12.6. The van der Waals surface area contributed by atoms with Crippen LogP contribution in [0.3, 0.4) is 0 Å². The van der Waals surface area contributed by atoms with Gasteiger partial charge >= 0.3 is 0 Å². The van der Waals surface area contributed by atoms with E-state index in [0.717, 1.165) is 22.7 Å². The Bertz CT molecular complexity index is 687. The number of rotatable bonds is 3. The molecule has 19 heavy (non-hydrogen) atoms. The Morgan fingerprint density at radius 2 is 2.32 bits per heavy atom. The summed E-state index contributed by atoms with van der Waals surface area (Å²) in [7, 11) is -3.37. The van der Waals surface area contributed by atoms with Crippen LogP contribution in [-0.4, -0.2) is 29.2 Å². The SMILES string of the molecule is CCc1ccc(S(=O)(=O)N2CCc3nc[nH]c3C2)s1.